The quantitative estimate of drug-likeness (QED) is 0.533. The second-order valence-electron chi connectivity index (χ2n) is 5.47. The smallest absolute Gasteiger partial charge is 0.347 e. The molecule has 3 aromatic rings. The van der Waals surface area contributed by atoms with Gasteiger partial charge in [0.1, 0.15) is 28.6 Å². The molecule has 0 aliphatic heterocycles. The molecule has 3 aromatic carbocycles. The number of rotatable bonds is 6. The topological polar surface area (TPSA) is 65.0 Å². The van der Waals surface area contributed by atoms with Gasteiger partial charge < -0.3 is 19.3 Å². The molecule has 5 heteroatoms. The van der Waals surface area contributed by atoms with Crippen molar-refractivity contribution in [2.24, 2.45) is 0 Å². The van der Waals surface area contributed by atoms with Crippen molar-refractivity contribution < 1.29 is 24.1 Å². The van der Waals surface area contributed by atoms with Crippen molar-refractivity contribution in [3.8, 4) is 23.0 Å². The maximum Gasteiger partial charge on any atom is 0.347 e. The van der Waals surface area contributed by atoms with Crippen molar-refractivity contribution in [3.63, 3.8) is 0 Å². The van der Waals surface area contributed by atoms with E-state index in [0.717, 1.165) is 5.75 Å². The van der Waals surface area contributed by atoms with E-state index in [0.29, 0.717) is 22.8 Å². The highest BCUT2D eigenvalue weighted by atomic mass is 16.5. The van der Waals surface area contributed by atoms with Crippen LogP contribution in [0.25, 0.3) is 0 Å². The Morgan fingerprint density at radius 2 is 1.54 bits per heavy atom. The first-order valence-electron chi connectivity index (χ1n) is 8.02. The molecule has 0 aliphatic rings. The number of aliphatic hydroxyl groups excluding tert-OH is 1. The van der Waals surface area contributed by atoms with Crippen molar-refractivity contribution in [2.45, 2.75) is 6.61 Å². The summed E-state index contributed by atoms with van der Waals surface area (Å²) in [5, 5.41) is 9.17. The van der Waals surface area contributed by atoms with Crippen LogP contribution in [-0.2, 0) is 6.61 Å². The molecule has 0 radical (unpaired) electrons. The lowest BCUT2D eigenvalue weighted by molar-refractivity contribution is 0.0731. The highest BCUT2D eigenvalue weighted by Crippen LogP contribution is 2.26. The lowest BCUT2D eigenvalue weighted by Crippen LogP contribution is -2.10. The maximum atomic E-state index is 12.4. The molecule has 0 saturated carbocycles. The molecule has 5 nitrogen and oxygen atoms in total. The average molecular weight is 350 g/mol. The van der Waals surface area contributed by atoms with E-state index in [9.17, 15) is 9.90 Å². The molecule has 0 amide bonds. The van der Waals surface area contributed by atoms with E-state index in [1.54, 1.807) is 42.5 Å². The number of benzene rings is 3. The van der Waals surface area contributed by atoms with Crippen LogP contribution in [0.5, 0.6) is 23.0 Å². The van der Waals surface area contributed by atoms with E-state index in [2.05, 4.69) is 0 Å². The Hall–Kier alpha value is -3.31. The van der Waals surface area contributed by atoms with E-state index in [1.807, 2.05) is 30.3 Å². The van der Waals surface area contributed by atoms with Gasteiger partial charge in [-0.15, -0.1) is 0 Å². The third-order valence-electron chi connectivity index (χ3n) is 3.68. The van der Waals surface area contributed by atoms with Crippen LogP contribution >= 0.6 is 0 Å². The van der Waals surface area contributed by atoms with Crippen LogP contribution in [-0.4, -0.2) is 18.2 Å². The predicted octanol–water partition coefficient (Wildman–Crippen LogP) is 4.20. The van der Waals surface area contributed by atoms with Gasteiger partial charge in [0.15, 0.2) is 0 Å². The van der Waals surface area contributed by atoms with Gasteiger partial charge in [-0.05, 0) is 54.1 Å². The lowest BCUT2D eigenvalue weighted by Gasteiger charge is -2.10. The van der Waals surface area contributed by atoms with Crippen LogP contribution in [0, 0.1) is 0 Å². The number of aliphatic hydroxyl groups is 1. The molecule has 132 valence electrons. The summed E-state index contributed by atoms with van der Waals surface area (Å²) in [6, 6.07) is 21.0. The predicted molar refractivity (Wildman–Crippen MR) is 96.8 cm³/mol. The number of carbonyl (C=O) groups excluding carboxylic acids is 1. The minimum absolute atomic E-state index is 0.130. The Bertz CT molecular complexity index is 873. The summed E-state index contributed by atoms with van der Waals surface area (Å²) in [5.74, 6) is 1.57. The summed E-state index contributed by atoms with van der Waals surface area (Å²) < 4.78 is 16.3. The zero-order chi connectivity index (χ0) is 18.4. The summed E-state index contributed by atoms with van der Waals surface area (Å²) in [7, 11) is 1.46. The molecule has 0 aliphatic carbocycles. The van der Waals surface area contributed by atoms with Gasteiger partial charge in [0.25, 0.3) is 0 Å². The number of para-hydroxylation sites is 1. The molecular formula is C21H18O5. The number of hydrogen-bond donors (Lipinski definition) is 1. The van der Waals surface area contributed by atoms with E-state index < -0.39 is 5.97 Å². The van der Waals surface area contributed by atoms with Crippen LogP contribution in [0.4, 0.5) is 0 Å². The second kappa shape index (κ2) is 8.18. The van der Waals surface area contributed by atoms with Gasteiger partial charge in [-0.2, -0.15) is 0 Å². The molecule has 3 rings (SSSR count). The fraction of sp³-hybridized carbons (Fsp3) is 0.0952. The molecule has 26 heavy (non-hydrogen) atoms. The van der Waals surface area contributed by atoms with E-state index in [4.69, 9.17) is 14.2 Å². The summed E-state index contributed by atoms with van der Waals surface area (Å²) in [6.45, 7) is -0.130. The number of ether oxygens (including phenoxy) is 3. The van der Waals surface area contributed by atoms with Gasteiger partial charge in [-0.25, -0.2) is 4.79 Å². The number of hydrogen-bond acceptors (Lipinski definition) is 5. The first-order valence-corrected chi connectivity index (χ1v) is 8.02. The maximum absolute atomic E-state index is 12.4. The molecule has 0 unspecified atom stereocenters. The van der Waals surface area contributed by atoms with Gasteiger partial charge in [0.2, 0.25) is 0 Å². The van der Waals surface area contributed by atoms with Crippen molar-refractivity contribution in [1.82, 2.24) is 0 Å². The van der Waals surface area contributed by atoms with E-state index >= 15 is 0 Å². The van der Waals surface area contributed by atoms with Gasteiger partial charge in [-0.3, -0.25) is 0 Å². The molecule has 0 atom stereocenters. The van der Waals surface area contributed by atoms with Crippen molar-refractivity contribution >= 4 is 5.97 Å². The Labute approximate surface area is 151 Å². The van der Waals surface area contributed by atoms with E-state index in [1.165, 1.54) is 7.11 Å². The minimum atomic E-state index is -0.539. The van der Waals surface area contributed by atoms with E-state index in [-0.39, 0.29) is 12.2 Å². The third-order valence-corrected chi connectivity index (χ3v) is 3.68. The Morgan fingerprint density at radius 1 is 0.885 bits per heavy atom. The first kappa shape index (κ1) is 17.5. The SMILES string of the molecule is COc1cc(CO)ccc1C(=O)Oc1ccc(Oc2ccccc2)cc1. The monoisotopic (exact) mass is 350 g/mol. The van der Waals surface area contributed by atoms with Gasteiger partial charge in [-0.1, -0.05) is 24.3 Å². The van der Waals surface area contributed by atoms with Crippen LogP contribution < -0.4 is 14.2 Å². The summed E-state index contributed by atoms with van der Waals surface area (Å²) in [4.78, 5) is 12.4. The highest BCUT2D eigenvalue weighted by Gasteiger charge is 2.15. The Morgan fingerprint density at radius 3 is 2.19 bits per heavy atom. The molecule has 0 fully saturated rings. The first-order chi connectivity index (χ1) is 12.7. The van der Waals surface area contributed by atoms with Crippen LogP contribution in [0.3, 0.4) is 0 Å². The molecular weight excluding hydrogens is 332 g/mol. The van der Waals surface area contributed by atoms with Crippen molar-refractivity contribution in [1.29, 1.82) is 0 Å². The van der Waals surface area contributed by atoms with Gasteiger partial charge >= 0.3 is 5.97 Å². The second-order valence-corrected chi connectivity index (χ2v) is 5.47. The van der Waals surface area contributed by atoms with Crippen molar-refractivity contribution in [3.05, 3.63) is 83.9 Å². The molecule has 0 saturated heterocycles. The van der Waals surface area contributed by atoms with Crippen molar-refractivity contribution in [2.75, 3.05) is 7.11 Å². The van der Waals surface area contributed by atoms with Crippen LogP contribution in [0.1, 0.15) is 15.9 Å². The summed E-state index contributed by atoms with van der Waals surface area (Å²) in [5.41, 5.74) is 0.940. The fourth-order valence-electron chi connectivity index (χ4n) is 2.36. The fourth-order valence-corrected chi connectivity index (χ4v) is 2.36. The lowest BCUT2D eigenvalue weighted by atomic mass is 10.1. The molecule has 0 bridgehead atoms. The largest absolute Gasteiger partial charge is 0.496 e. The Balaban J connectivity index is 1.70. The number of methoxy groups -OCH3 is 1. The number of esters is 1. The summed E-state index contributed by atoms with van der Waals surface area (Å²) >= 11 is 0. The zero-order valence-electron chi connectivity index (χ0n) is 14.2. The standard InChI is InChI=1S/C21H18O5/c1-24-20-13-15(14-22)7-12-19(20)21(23)26-18-10-8-17(9-11-18)25-16-5-3-2-4-6-16/h2-13,22H,14H2,1H3. The molecule has 1 N–H and O–H groups in total. The summed E-state index contributed by atoms with van der Waals surface area (Å²) in [6.07, 6.45) is 0. The minimum Gasteiger partial charge on any atom is -0.496 e. The molecule has 0 spiro atoms. The van der Waals surface area contributed by atoms with Gasteiger partial charge in [0.05, 0.1) is 13.7 Å². The van der Waals surface area contributed by atoms with Crippen LogP contribution in [0.15, 0.2) is 72.8 Å². The van der Waals surface area contributed by atoms with Crippen LogP contribution in [0.2, 0.25) is 0 Å². The Kier molecular flexibility index (Phi) is 5.51. The highest BCUT2D eigenvalue weighted by molar-refractivity contribution is 5.94. The van der Waals surface area contributed by atoms with Gasteiger partial charge in [0, 0.05) is 0 Å². The normalized spacial score (nSPS) is 10.2. The molecule has 0 aromatic heterocycles. The molecule has 0 heterocycles. The zero-order valence-corrected chi connectivity index (χ0v) is 14.2. The average Bonchev–Trinajstić information content (AvgIpc) is 2.69. The number of carbonyl (C=O) groups is 1. The third kappa shape index (κ3) is 4.20.